The molecule has 0 aromatic heterocycles. The molecule has 0 aromatic rings. The zero-order valence-electron chi connectivity index (χ0n) is 13.3. The molecular formula is C16H31NO3. The summed E-state index contributed by atoms with van der Waals surface area (Å²) in [4.78, 5) is 11.7. The summed E-state index contributed by atoms with van der Waals surface area (Å²) in [6, 6.07) is 0.446. The predicted octanol–water partition coefficient (Wildman–Crippen LogP) is 2.64. The molecule has 4 nitrogen and oxygen atoms in total. The van der Waals surface area contributed by atoms with Crippen molar-refractivity contribution < 1.29 is 14.6 Å². The second kappa shape index (κ2) is 8.63. The summed E-state index contributed by atoms with van der Waals surface area (Å²) in [7, 11) is 0. The van der Waals surface area contributed by atoms with Gasteiger partial charge < -0.3 is 15.2 Å². The van der Waals surface area contributed by atoms with Crippen LogP contribution in [0.15, 0.2) is 0 Å². The Morgan fingerprint density at radius 2 is 2.05 bits per heavy atom. The Morgan fingerprint density at radius 1 is 1.40 bits per heavy atom. The largest absolute Gasteiger partial charge is 0.466 e. The van der Waals surface area contributed by atoms with Gasteiger partial charge in [-0.15, -0.1) is 0 Å². The van der Waals surface area contributed by atoms with E-state index in [0.717, 1.165) is 19.3 Å². The highest BCUT2D eigenvalue weighted by Crippen LogP contribution is 2.32. The Bertz CT molecular complexity index is 285. The van der Waals surface area contributed by atoms with Crippen molar-refractivity contribution in [3.05, 3.63) is 0 Å². The van der Waals surface area contributed by atoms with E-state index < -0.39 is 5.60 Å². The minimum absolute atomic E-state index is 0.0206. The third kappa shape index (κ3) is 5.80. The molecule has 0 radical (unpaired) electrons. The molecular weight excluding hydrogens is 254 g/mol. The molecule has 0 heterocycles. The SMILES string of the molecule is CCCCC(C)NCC1(O)CCC(C(=O)OCC)CC1. The van der Waals surface area contributed by atoms with Crippen molar-refractivity contribution in [3.8, 4) is 0 Å². The average molecular weight is 285 g/mol. The lowest BCUT2D eigenvalue weighted by molar-refractivity contribution is -0.151. The third-order valence-corrected chi connectivity index (χ3v) is 4.31. The van der Waals surface area contributed by atoms with Gasteiger partial charge >= 0.3 is 5.97 Å². The van der Waals surface area contributed by atoms with E-state index in [1.807, 2.05) is 6.92 Å². The topological polar surface area (TPSA) is 58.6 Å². The Labute approximate surface area is 123 Å². The van der Waals surface area contributed by atoms with Crippen LogP contribution in [0.4, 0.5) is 0 Å². The van der Waals surface area contributed by atoms with Gasteiger partial charge in [-0.3, -0.25) is 4.79 Å². The van der Waals surface area contributed by atoms with Gasteiger partial charge in [-0.2, -0.15) is 0 Å². The molecule has 1 rings (SSSR count). The van der Waals surface area contributed by atoms with Crippen LogP contribution in [0.3, 0.4) is 0 Å². The van der Waals surface area contributed by atoms with Crippen LogP contribution >= 0.6 is 0 Å². The van der Waals surface area contributed by atoms with Crippen LogP contribution in [0.2, 0.25) is 0 Å². The van der Waals surface area contributed by atoms with E-state index in [0.29, 0.717) is 32.0 Å². The van der Waals surface area contributed by atoms with Gasteiger partial charge in [0.1, 0.15) is 0 Å². The van der Waals surface area contributed by atoms with E-state index >= 15 is 0 Å². The summed E-state index contributed by atoms with van der Waals surface area (Å²) in [6.45, 7) is 7.27. The first-order valence-corrected chi connectivity index (χ1v) is 8.13. The normalized spacial score (nSPS) is 28.1. The third-order valence-electron chi connectivity index (χ3n) is 4.31. The maximum Gasteiger partial charge on any atom is 0.308 e. The molecule has 118 valence electrons. The highest BCUT2D eigenvalue weighted by Gasteiger charge is 2.36. The molecule has 0 saturated heterocycles. The van der Waals surface area contributed by atoms with Crippen LogP contribution in [0, 0.1) is 5.92 Å². The number of rotatable bonds is 8. The van der Waals surface area contributed by atoms with Gasteiger partial charge in [0.15, 0.2) is 0 Å². The van der Waals surface area contributed by atoms with Crippen molar-refractivity contribution in [2.45, 2.75) is 77.4 Å². The summed E-state index contributed by atoms with van der Waals surface area (Å²) in [5, 5.41) is 14.0. The minimum atomic E-state index is -0.649. The first-order chi connectivity index (χ1) is 9.50. The highest BCUT2D eigenvalue weighted by molar-refractivity contribution is 5.72. The van der Waals surface area contributed by atoms with Gasteiger partial charge in [0.05, 0.1) is 18.1 Å². The maximum atomic E-state index is 11.7. The van der Waals surface area contributed by atoms with Crippen LogP contribution in [-0.4, -0.2) is 35.9 Å². The van der Waals surface area contributed by atoms with Gasteiger partial charge in [0.2, 0.25) is 0 Å². The van der Waals surface area contributed by atoms with Crippen molar-refractivity contribution in [1.82, 2.24) is 5.32 Å². The van der Waals surface area contributed by atoms with Gasteiger partial charge in [-0.1, -0.05) is 19.8 Å². The zero-order chi connectivity index (χ0) is 15.0. The zero-order valence-corrected chi connectivity index (χ0v) is 13.3. The van der Waals surface area contributed by atoms with Crippen molar-refractivity contribution in [2.24, 2.45) is 5.92 Å². The van der Waals surface area contributed by atoms with Crippen LogP contribution in [0.5, 0.6) is 0 Å². The van der Waals surface area contributed by atoms with Gasteiger partial charge in [-0.05, 0) is 46.0 Å². The van der Waals surface area contributed by atoms with E-state index in [1.54, 1.807) is 0 Å². The van der Waals surface area contributed by atoms with E-state index in [9.17, 15) is 9.90 Å². The number of hydrogen-bond acceptors (Lipinski definition) is 4. The smallest absolute Gasteiger partial charge is 0.308 e. The van der Waals surface area contributed by atoms with Crippen molar-refractivity contribution >= 4 is 5.97 Å². The highest BCUT2D eigenvalue weighted by atomic mass is 16.5. The summed E-state index contributed by atoms with van der Waals surface area (Å²) in [6.07, 6.45) is 6.42. The van der Waals surface area contributed by atoms with Gasteiger partial charge in [-0.25, -0.2) is 0 Å². The number of ether oxygens (including phenoxy) is 1. The fraction of sp³-hybridized carbons (Fsp3) is 0.938. The first kappa shape index (κ1) is 17.4. The van der Waals surface area contributed by atoms with E-state index in [4.69, 9.17) is 4.74 Å². The van der Waals surface area contributed by atoms with Crippen LogP contribution in [0.1, 0.15) is 65.7 Å². The molecule has 1 saturated carbocycles. The number of aliphatic hydroxyl groups is 1. The number of carbonyl (C=O) groups is 1. The molecule has 1 aliphatic rings. The second-order valence-electron chi connectivity index (χ2n) is 6.17. The molecule has 0 bridgehead atoms. The second-order valence-corrected chi connectivity index (χ2v) is 6.17. The lowest BCUT2D eigenvalue weighted by Crippen LogP contribution is -2.46. The monoisotopic (exact) mass is 285 g/mol. The van der Waals surface area contributed by atoms with E-state index in [2.05, 4.69) is 19.2 Å². The summed E-state index contributed by atoms with van der Waals surface area (Å²) >= 11 is 0. The fourth-order valence-corrected chi connectivity index (χ4v) is 2.80. The molecule has 0 aromatic carbocycles. The standard InChI is InChI=1S/C16H31NO3/c1-4-6-7-13(3)17-12-16(19)10-8-14(9-11-16)15(18)20-5-2/h13-14,17,19H,4-12H2,1-3H3. The summed E-state index contributed by atoms with van der Waals surface area (Å²) in [5.41, 5.74) is -0.649. The van der Waals surface area contributed by atoms with Gasteiger partial charge in [0.25, 0.3) is 0 Å². The van der Waals surface area contributed by atoms with E-state index in [1.165, 1.54) is 12.8 Å². The molecule has 1 fully saturated rings. The first-order valence-electron chi connectivity index (χ1n) is 8.13. The molecule has 20 heavy (non-hydrogen) atoms. The maximum absolute atomic E-state index is 11.7. The van der Waals surface area contributed by atoms with E-state index in [-0.39, 0.29) is 11.9 Å². The molecule has 1 aliphatic carbocycles. The Hall–Kier alpha value is -0.610. The van der Waals surface area contributed by atoms with Crippen LogP contribution in [-0.2, 0) is 9.53 Å². The fourth-order valence-electron chi connectivity index (χ4n) is 2.80. The van der Waals surface area contributed by atoms with Crippen molar-refractivity contribution in [2.75, 3.05) is 13.2 Å². The molecule has 1 atom stereocenters. The molecule has 0 spiro atoms. The summed E-state index contributed by atoms with van der Waals surface area (Å²) in [5.74, 6) is -0.119. The number of hydrogen-bond donors (Lipinski definition) is 2. The predicted molar refractivity (Wildman–Crippen MR) is 80.5 cm³/mol. The number of unbranched alkanes of at least 4 members (excludes halogenated alkanes) is 1. The van der Waals surface area contributed by atoms with Crippen molar-refractivity contribution in [3.63, 3.8) is 0 Å². The summed E-state index contributed by atoms with van der Waals surface area (Å²) < 4.78 is 5.06. The molecule has 4 heteroatoms. The minimum Gasteiger partial charge on any atom is -0.466 e. The Balaban J connectivity index is 2.29. The molecule has 0 amide bonds. The van der Waals surface area contributed by atoms with Crippen LogP contribution in [0.25, 0.3) is 0 Å². The van der Waals surface area contributed by atoms with Crippen molar-refractivity contribution in [1.29, 1.82) is 0 Å². The number of nitrogens with one attached hydrogen (secondary N) is 1. The Kier molecular flexibility index (Phi) is 7.52. The lowest BCUT2D eigenvalue weighted by Gasteiger charge is -2.36. The lowest BCUT2D eigenvalue weighted by atomic mass is 9.78. The Morgan fingerprint density at radius 3 is 2.60 bits per heavy atom. The average Bonchev–Trinajstić information content (AvgIpc) is 2.44. The number of carbonyl (C=O) groups excluding carboxylic acids is 1. The molecule has 2 N–H and O–H groups in total. The number of esters is 1. The quantitative estimate of drug-likeness (QED) is 0.673. The molecule has 1 unspecified atom stereocenters. The molecule has 0 aliphatic heterocycles. The van der Waals surface area contributed by atoms with Gasteiger partial charge in [0, 0.05) is 12.6 Å². The van der Waals surface area contributed by atoms with Crippen LogP contribution < -0.4 is 5.32 Å².